The summed E-state index contributed by atoms with van der Waals surface area (Å²) in [6.07, 6.45) is 0. The molecule has 1 rings (SSSR count). The third-order valence-electron chi connectivity index (χ3n) is 1.13. The SMILES string of the molecule is [C-]#[N+]c1nc(C)cc(OC)n1. The standard InChI is InChI=1S/C7H7N3O/c1-5-4-6(11-3)10-7(8-2)9-5/h4H,1,3H3. The molecule has 0 spiro atoms. The second-order valence-electron chi connectivity index (χ2n) is 1.96. The van der Waals surface area contributed by atoms with E-state index in [1.165, 1.54) is 7.11 Å². The lowest BCUT2D eigenvalue weighted by Crippen LogP contribution is -1.90. The van der Waals surface area contributed by atoms with E-state index in [4.69, 9.17) is 11.3 Å². The second-order valence-corrected chi connectivity index (χ2v) is 1.96. The molecule has 0 bridgehead atoms. The van der Waals surface area contributed by atoms with Crippen molar-refractivity contribution in [2.75, 3.05) is 7.11 Å². The third-order valence-corrected chi connectivity index (χ3v) is 1.13. The Morgan fingerprint density at radius 1 is 1.55 bits per heavy atom. The predicted molar refractivity (Wildman–Crippen MR) is 39.6 cm³/mol. The van der Waals surface area contributed by atoms with Crippen molar-refractivity contribution in [2.45, 2.75) is 6.92 Å². The van der Waals surface area contributed by atoms with Crippen LogP contribution >= 0.6 is 0 Å². The minimum absolute atomic E-state index is 0.127. The molecule has 1 aromatic rings. The fourth-order valence-corrected chi connectivity index (χ4v) is 0.679. The Labute approximate surface area is 64.7 Å². The molecule has 0 aliphatic heterocycles. The summed E-state index contributed by atoms with van der Waals surface area (Å²) in [5.74, 6) is 0.561. The molecule has 0 amide bonds. The summed E-state index contributed by atoms with van der Waals surface area (Å²) in [6.45, 7) is 8.45. The van der Waals surface area contributed by atoms with Crippen molar-refractivity contribution in [1.82, 2.24) is 9.97 Å². The summed E-state index contributed by atoms with van der Waals surface area (Å²) < 4.78 is 4.84. The molecule has 0 saturated carbocycles. The zero-order valence-electron chi connectivity index (χ0n) is 6.33. The smallest absolute Gasteiger partial charge is 0.375 e. The van der Waals surface area contributed by atoms with E-state index < -0.39 is 0 Å². The molecule has 4 nitrogen and oxygen atoms in total. The number of hydrogen-bond acceptors (Lipinski definition) is 3. The Morgan fingerprint density at radius 2 is 2.27 bits per heavy atom. The second kappa shape index (κ2) is 2.97. The summed E-state index contributed by atoms with van der Waals surface area (Å²) in [5.41, 5.74) is 0.739. The van der Waals surface area contributed by atoms with Gasteiger partial charge in [0.15, 0.2) is 0 Å². The van der Waals surface area contributed by atoms with Gasteiger partial charge in [-0.3, -0.25) is 0 Å². The highest BCUT2D eigenvalue weighted by atomic mass is 16.5. The van der Waals surface area contributed by atoms with E-state index in [1.54, 1.807) is 13.0 Å². The normalized spacial score (nSPS) is 8.82. The fourth-order valence-electron chi connectivity index (χ4n) is 0.679. The molecule has 0 radical (unpaired) electrons. The average Bonchev–Trinajstić information content (AvgIpc) is 2.03. The first kappa shape index (κ1) is 7.48. The minimum Gasteiger partial charge on any atom is -0.470 e. The lowest BCUT2D eigenvalue weighted by Gasteiger charge is -1.95. The maximum absolute atomic E-state index is 6.66. The quantitative estimate of drug-likeness (QED) is 0.565. The van der Waals surface area contributed by atoms with E-state index in [2.05, 4.69) is 14.8 Å². The first-order valence-electron chi connectivity index (χ1n) is 3.03. The van der Waals surface area contributed by atoms with Gasteiger partial charge in [0.05, 0.1) is 13.2 Å². The molecule has 1 aromatic heterocycles. The van der Waals surface area contributed by atoms with Crippen molar-refractivity contribution in [3.05, 3.63) is 23.2 Å². The van der Waals surface area contributed by atoms with E-state index in [1.807, 2.05) is 0 Å². The van der Waals surface area contributed by atoms with E-state index >= 15 is 0 Å². The molecular formula is C7H7N3O. The molecule has 0 N–H and O–H groups in total. The molecule has 4 heteroatoms. The Kier molecular flexibility index (Phi) is 2.02. The summed E-state index contributed by atoms with van der Waals surface area (Å²) in [4.78, 5) is 10.7. The fraction of sp³-hybridized carbons (Fsp3) is 0.286. The van der Waals surface area contributed by atoms with Crippen LogP contribution in [0.4, 0.5) is 5.95 Å². The van der Waals surface area contributed by atoms with Crippen molar-refractivity contribution in [3.63, 3.8) is 0 Å². The summed E-state index contributed by atoms with van der Waals surface area (Å²) in [6, 6.07) is 1.68. The van der Waals surface area contributed by atoms with Gasteiger partial charge in [0.25, 0.3) is 5.88 Å². The van der Waals surface area contributed by atoms with Gasteiger partial charge < -0.3 is 9.58 Å². The van der Waals surface area contributed by atoms with Crippen LogP contribution in [0.3, 0.4) is 0 Å². The van der Waals surface area contributed by atoms with Gasteiger partial charge in [0.2, 0.25) is 0 Å². The van der Waals surface area contributed by atoms with Crippen LogP contribution in [-0.2, 0) is 0 Å². The van der Waals surface area contributed by atoms with Crippen LogP contribution in [-0.4, -0.2) is 17.1 Å². The van der Waals surface area contributed by atoms with Gasteiger partial charge in [-0.1, -0.05) is 0 Å². The van der Waals surface area contributed by atoms with Crippen molar-refractivity contribution < 1.29 is 4.74 Å². The molecule has 1 heterocycles. The topological polar surface area (TPSA) is 39.4 Å². The van der Waals surface area contributed by atoms with Gasteiger partial charge in [-0.15, -0.1) is 11.6 Å². The van der Waals surface area contributed by atoms with Gasteiger partial charge in [-0.2, -0.15) is 4.98 Å². The van der Waals surface area contributed by atoms with Crippen molar-refractivity contribution in [3.8, 4) is 5.88 Å². The largest absolute Gasteiger partial charge is 0.470 e. The lowest BCUT2D eigenvalue weighted by molar-refractivity contribution is 0.397. The molecule has 0 aromatic carbocycles. The van der Waals surface area contributed by atoms with Crippen LogP contribution in [0.15, 0.2) is 6.07 Å². The van der Waals surface area contributed by atoms with Gasteiger partial charge in [0, 0.05) is 0 Å². The van der Waals surface area contributed by atoms with Crippen molar-refractivity contribution in [1.29, 1.82) is 0 Å². The molecule has 56 valence electrons. The van der Waals surface area contributed by atoms with Crippen LogP contribution in [0.5, 0.6) is 5.88 Å². The highest BCUT2D eigenvalue weighted by Gasteiger charge is 2.02. The van der Waals surface area contributed by atoms with Crippen molar-refractivity contribution in [2.24, 2.45) is 0 Å². The van der Waals surface area contributed by atoms with Gasteiger partial charge in [-0.05, 0) is 6.92 Å². The molecule has 0 saturated heterocycles. The van der Waals surface area contributed by atoms with Crippen molar-refractivity contribution >= 4 is 5.95 Å². The number of methoxy groups -OCH3 is 1. The van der Waals surface area contributed by atoms with Crippen LogP contribution in [0.2, 0.25) is 0 Å². The molecular weight excluding hydrogens is 142 g/mol. The predicted octanol–water partition coefficient (Wildman–Crippen LogP) is 1.34. The Morgan fingerprint density at radius 3 is 2.82 bits per heavy atom. The first-order chi connectivity index (χ1) is 5.26. The van der Waals surface area contributed by atoms with Gasteiger partial charge in [-0.25, -0.2) is 0 Å². The number of nitrogens with zero attached hydrogens (tertiary/aromatic N) is 3. The molecule has 11 heavy (non-hydrogen) atoms. The highest BCUT2D eigenvalue weighted by Crippen LogP contribution is 2.12. The zero-order chi connectivity index (χ0) is 8.27. The molecule has 0 aliphatic carbocycles. The maximum atomic E-state index is 6.66. The minimum atomic E-state index is 0.127. The van der Waals surface area contributed by atoms with Crippen LogP contribution in [0.1, 0.15) is 5.69 Å². The number of ether oxygens (including phenoxy) is 1. The zero-order valence-corrected chi connectivity index (χ0v) is 6.33. The van der Waals surface area contributed by atoms with E-state index in [-0.39, 0.29) is 5.95 Å². The molecule has 0 aliphatic rings. The molecule has 0 unspecified atom stereocenters. The average molecular weight is 149 g/mol. The Hall–Kier alpha value is -1.63. The number of hydrogen-bond donors (Lipinski definition) is 0. The number of aromatic nitrogens is 2. The van der Waals surface area contributed by atoms with Crippen LogP contribution in [0.25, 0.3) is 4.85 Å². The monoisotopic (exact) mass is 149 g/mol. The number of rotatable bonds is 1. The Balaban J connectivity index is 3.15. The Bertz CT molecular complexity index is 303. The highest BCUT2D eigenvalue weighted by molar-refractivity contribution is 5.30. The molecule has 0 fully saturated rings. The van der Waals surface area contributed by atoms with Gasteiger partial charge in [0.1, 0.15) is 5.69 Å². The van der Waals surface area contributed by atoms with Crippen LogP contribution in [0, 0.1) is 13.5 Å². The van der Waals surface area contributed by atoms with E-state index in [9.17, 15) is 0 Å². The molecule has 0 atom stereocenters. The maximum Gasteiger partial charge on any atom is 0.375 e. The lowest BCUT2D eigenvalue weighted by atomic mass is 10.4. The third kappa shape index (κ3) is 1.64. The summed E-state index contributed by atoms with van der Waals surface area (Å²) >= 11 is 0. The van der Waals surface area contributed by atoms with E-state index in [0.717, 1.165) is 5.69 Å². The van der Waals surface area contributed by atoms with E-state index in [0.29, 0.717) is 5.88 Å². The number of aryl methyl sites for hydroxylation is 1. The van der Waals surface area contributed by atoms with Gasteiger partial charge >= 0.3 is 5.95 Å². The van der Waals surface area contributed by atoms with Crippen LogP contribution < -0.4 is 4.74 Å². The summed E-state index contributed by atoms with van der Waals surface area (Å²) in [7, 11) is 1.51. The first-order valence-corrected chi connectivity index (χ1v) is 3.03. The summed E-state index contributed by atoms with van der Waals surface area (Å²) in [5, 5.41) is 0.